The summed E-state index contributed by atoms with van der Waals surface area (Å²) in [4.78, 5) is 0. The smallest absolute Gasteiger partial charge is 0.125 e. The van der Waals surface area contributed by atoms with Crippen LogP contribution in [0.5, 0.6) is 0 Å². The predicted molar refractivity (Wildman–Crippen MR) is 71.4 cm³/mol. The zero-order valence-electron chi connectivity index (χ0n) is 9.41. The van der Waals surface area contributed by atoms with Crippen LogP contribution in [0.25, 0.3) is 5.69 Å². The zero-order chi connectivity index (χ0) is 13.1. The van der Waals surface area contributed by atoms with Gasteiger partial charge in [-0.05, 0) is 47.4 Å². The molecule has 18 heavy (non-hydrogen) atoms. The molecule has 1 aromatic carbocycles. The first-order valence-electron chi connectivity index (χ1n) is 5.38. The molecule has 2 rings (SSSR count). The molecule has 2 aromatic rings. The molecule has 0 aliphatic carbocycles. The second-order valence-electron chi connectivity index (χ2n) is 3.76. The SMILES string of the molecule is NCCCc1cn(-c2c(Cl)cc(F)cc2Br)nn1. The van der Waals surface area contributed by atoms with Crippen LogP contribution in [0.15, 0.2) is 22.8 Å². The number of hydrogen-bond donors (Lipinski definition) is 1. The van der Waals surface area contributed by atoms with E-state index in [0.29, 0.717) is 16.7 Å². The van der Waals surface area contributed by atoms with E-state index in [9.17, 15) is 4.39 Å². The summed E-state index contributed by atoms with van der Waals surface area (Å²) in [6, 6.07) is 2.57. The first-order chi connectivity index (χ1) is 8.61. The van der Waals surface area contributed by atoms with Gasteiger partial charge in [-0.15, -0.1) is 5.10 Å². The van der Waals surface area contributed by atoms with Crippen molar-refractivity contribution in [1.29, 1.82) is 0 Å². The van der Waals surface area contributed by atoms with Gasteiger partial charge in [0.15, 0.2) is 0 Å². The van der Waals surface area contributed by atoms with Crippen LogP contribution in [0.4, 0.5) is 4.39 Å². The maximum Gasteiger partial charge on any atom is 0.125 e. The van der Waals surface area contributed by atoms with Crippen LogP contribution in [0.2, 0.25) is 5.02 Å². The Morgan fingerprint density at radius 3 is 2.89 bits per heavy atom. The molecule has 1 heterocycles. The van der Waals surface area contributed by atoms with E-state index in [4.69, 9.17) is 17.3 Å². The summed E-state index contributed by atoms with van der Waals surface area (Å²) in [6.07, 6.45) is 3.36. The van der Waals surface area contributed by atoms with E-state index < -0.39 is 5.82 Å². The number of nitrogens with zero attached hydrogens (tertiary/aromatic N) is 3. The molecule has 0 saturated carbocycles. The first kappa shape index (κ1) is 13.5. The van der Waals surface area contributed by atoms with Crippen molar-refractivity contribution < 1.29 is 4.39 Å². The van der Waals surface area contributed by atoms with E-state index in [1.807, 2.05) is 0 Å². The molecule has 0 spiro atoms. The molecule has 0 unspecified atom stereocenters. The van der Waals surface area contributed by atoms with Crippen LogP contribution in [0, 0.1) is 5.82 Å². The summed E-state index contributed by atoms with van der Waals surface area (Å²) >= 11 is 9.27. The van der Waals surface area contributed by atoms with Gasteiger partial charge in [-0.25, -0.2) is 9.07 Å². The third-order valence-electron chi connectivity index (χ3n) is 2.39. The number of nitrogens with two attached hydrogens (primary N) is 1. The Hall–Kier alpha value is -0.980. The van der Waals surface area contributed by atoms with Gasteiger partial charge >= 0.3 is 0 Å². The summed E-state index contributed by atoms with van der Waals surface area (Å²) in [7, 11) is 0. The Morgan fingerprint density at radius 1 is 1.44 bits per heavy atom. The molecule has 96 valence electrons. The number of hydrogen-bond acceptors (Lipinski definition) is 3. The minimum Gasteiger partial charge on any atom is -0.330 e. The fraction of sp³-hybridized carbons (Fsp3) is 0.273. The molecule has 7 heteroatoms. The Kier molecular flexibility index (Phi) is 4.31. The topological polar surface area (TPSA) is 56.7 Å². The van der Waals surface area contributed by atoms with E-state index >= 15 is 0 Å². The summed E-state index contributed by atoms with van der Waals surface area (Å²) in [5.41, 5.74) is 6.83. The van der Waals surface area contributed by atoms with Gasteiger partial charge in [-0.3, -0.25) is 0 Å². The molecule has 2 N–H and O–H groups in total. The van der Waals surface area contributed by atoms with Crippen molar-refractivity contribution in [1.82, 2.24) is 15.0 Å². The highest BCUT2D eigenvalue weighted by atomic mass is 79.9. The van der Waals surface area contributed by atoms with Crippen LogP contribution in [-0.2, 0) is 6.42 Å². The average molecular weight is 334 g/mol. The second kappa shape index (κ2) is 5.77. The largest absolute Gasteiger partial charge is 0.330 e. The lowest BCUT2D eigenvalue weighted by molar-refractivity contribution is 0.625. The number of rotatable bonds is 4. The van der Waals surface area contributed by atoms with Gasteiger partial charge in [0.2, 0.25) is 0 Å². The Labute approximate surface area is 117 Å². The number of benzene rings is 1. The van der Waals surface area contributed by atoms with Gasteiger partial charge in [0.05, 0.1) is 22.6 Å². The molecule has 0 radical (unpaired) electrons. The highest BCUT2D eigenvalue weighted by Crippen LogP contribution is 2.29. The summed E-state index contributed by atoms with van der Waals surface area (Å²) in [5, 5.41) is 8.27. The molecular formula is C11H11BrClFN4. The lowest BCUT2D eigenvalue weighted by Crippen LogP contribution is -2.00. The Balaban J connectivity index is 2.34. The highest BCUT2D eigenvalue weighted by Gasteiger charge is 2.12. The Bertz CT molecular complexity index is 535. The van der Waals surface area contributed by atoms with Gasteiger partial charge in [0.1, 0.15) is 5.82 Å². The Morgan fingerprint density at radius 2 is 2.22 bits per heavy atom. The molecule has 0 amide bonds. The van der Waals surface area contributed by atoms with Gasteiger partial charge in [-0.1, -0.05) is 16.8 Å². The molecule has 0 aliphatic rings. The fourth-order valence-corrected chi connectivity index (χ4v) is 2.58. The van der Waals surface area contributed by atoms with Crippen LogP contribution in [-0.4, -0.2) is 21.5 Å². The molecule has 0 atom stereocenters. The van der Waals surface area contributed by atoms with E-state index in [2.05, 4.69) is 26.2 Å². The monoisotopic (exact) mass is 332 g/mol. The quantitative estimate of drug-likeness (QED) is 0.936. The van der Waals surface area contributed by atoms with Crippen LogP contribution < -0.4 is 5.73 Å². The van der Waals surface area contributed by atoms with Crippen molar-refractivity contribution in [2.45, 2.75) is 12.8 Å². The molecule has 0 bridgehead atoms. The maximum atomic E-state index is 13.1. The van der Waals surface area contributed by atoms with Crippen molar-refractivity contribution in [3.05, 3.63) is 39.3 Å². The standard InChI is InChI=1S/C11H11BrClFN4/c12-9-4-7(14)5-10(13)11(9)18-6-8(16-17-18)2-1-3-15/h4-6H,1-3,15H2. The maximum absolute atomic E-state index is 13.1. The van der Waals surface area contributed by atoms with E-state index in [-0.39, 0.29) is 5.02 Å². The predicted octanol–water partition coefficient (Wildman–Crippen LogP) is 2.71. The lowest BCUT2D eigenvalue weighted by Gasteiger charge is -2.06. The molecule has 0 aliphatic heterocycles. The third-order valence-corrected chi connectivity index (χ3v) is 3.28. The van der Waals surface area contributed by atoms with Crippen molar-refractivity contribution in [3.8, 4) is 5.69 Å². The van der Waals surface area contributed by atoms with Crippen molar-refractivity contribution in [2.75, 3.05) is 6.54 Å². The summed E-state index contributed by atoms with van der Waals surface area (Å²) in [5.74, 6) is -0.404. The summed E-state index contributed by atoms with van der Waals surface area (Å²) in [6.45, 7) is 0.605. The fourth-order valence-electron chi connectivity index (χ4n) is 1.56. The van der Waals surface area contributed by atoms with Crippen LogP contribution >= 0.6 is 27.5 Å². The second-order valence-corrected chi connectivity index (χ2v) is 5.03. The van der Waals surface area contributed by atoms with Gasteiger partial charge in [0.25, 0.3) is 0 Å². The van der Waals surface area contributed by atoms with Crippen LogP contribution in [0.1, 0.15) is 12.1 Å². The average Bonchev–Trinajstić information content (AvgIpc) is 2.73. The van der Waals surface area contributed by atoms with E-state index in [1.54, 1.807) is 6.20 Å². The van der Waals surface area contributed by atoms with Gasteiger partial charge < -0.3 is 5.73 Å². The molecule has 0 saturated heterocycles. The lowest BCUT2D eigenvalue weighted by atomic mass is 10.2. The van der Waals surface area contributed by atoms with Gasteiger partial charge in [-0.2, -0.15) is 0 Å². The summed E-state index contributed by atoms with van der Waals surface area (Å²) < 4.78 is 15.2. The first-order valence-corrected chi connectivity index (χ1v) is 6.55. The van der Waals surface area contributed by atoms with Crippen molar-refractivity contribution >= 4 is 27.5 Å². The minimum atomic E-state index is -0.404. The molecular weight excluding hydrogens is 323 g/mol. The number of halogens is 3. The van der Waals surface area contributed by atoms with Crippen molar-refractivity contribution in [2.24, 2.45) is 5.73 Å². The minimum absolute atomic E-state index is 0.275. The van der Waals surface area contributed by atoms with E-state index in [1.165, 1.54) is 16.8 Å². The molecule has 4 nitrogen and oxygen atoms in total. The number of aryl methyl sites for hydroxylation is 1. The van der Waals surface area contributed by atoms with Crippen molar-refractivity contribution in [3.63, 3.8) is 0 Å². The zero-order valence-corrected chi connectivity index (χ0v) is 11.7. The molecule has 1 aromatic heterocycles. The molecule has 0 fully saturated rings. The van der Waals surface area contributed by atoms with Crippen LogP contribution in [0.3, 0.4) is 0 Å². The third kappa shape index (κ3) is 2.88. The normalized spacial score (nSPS) is 10.9. The number of aromatic nitrogens is 3. The van der Waals surface area contributed by atoms with Gasteiger partial charge in [0, 0.05) is 4.47 Å². The van der Waals surface area contributed by atoms with E-state index in [0.717, 1.165) is 18.5 Å². The highest BCUT2D eigenvalue weighted by molar-refractivity contribution is 9.10.